The fraction of sp³-hybridized carbons (Fsp3) is 0.615. The smallest absolute Gasteiger partial charge is 0.303 e. The molecular weight excluding hydrogens is 264 g/mol. The van der Waals surface area contributed by atoms with Crippen molar-refractivity contribution in [1.82, 2.24) is 4.98 Å². The highest BCUT2D eigenvalue weighted by Crippen LogP contribution is 2.18. The number of hydrogen-bond acceptors (Lipinski definition) is 4. The Hall–Kier alpha value is -1.43. The number of nitrogens with zero attached hydrogens (tertiary/aromatic N) is 1. The van der Waals surface area contributed by atoms with E-state index in [1.165, 1.54) is 11.3 Å². The van der Waals surface area contributed by atoms with Gasteiger partial charge in [-0.05, 0) is 19.3 Å². The molecule has 0 aliphatic heterocycles. The summed E-state index contributed by atoms with van der Waals surface area (Å²) in [7, 11) is 0. The zero-order valence-electron chi connectivity index (χ0n) is 11.3. The van der Waals surface area contributed by atoms with Gasteiger partial charge in [-0.1, -0.05) is 20.3 Å². The second-order valence-corrected chi connectivity index (χ2v) is 5.43. The molecule has 0 fully saturated rings. The number of rotatable bonds is 8. The number of carbonyl (C=O) groups excluding carboxylic acids is 1. The van der Waals surface area contributed by atoms with Gasteiger partial charge in [-0.15, -0.1) is 11.3 Å². The first kappa shape index (κ1) is 15.6. The molecule has 0 saturated carbocycles. The lowest BCUT2D eigenvalue weighted by Gasteiger charge is -2.08. The number of amides is 1. The predicted octanol–water partition coefficient (Wildman–Crippen LogP) is 2.93. The highest BCUT2D eigenvalue weighted by atomic mass is 32.1. The maximum Gasteiger partial charge on any atom is 0.303 e. The van der Waals surface area contributed by atoms with Gasteiger partial charge in [0, 0.05) is 17.7 Å². The largest absolute Gasteiger partial charge is 0.481 e. The summed E-state index contributed by atoms with van der Waals surface area (Å²) >= 11 is 1.38. The van der Waals surface area contributed by atoms with Crippen LogP contribution in [0.1, 0.15) is 45.2 Å². The van der Waals surface area contributed by atoms with Gasteiger partial charge < -0.3 is 10.4 Å². The van der Waals surface area contributed by atoms with E-state index in [9.17, 15) is 9.59 Å². The average Bonchev–Trinajstić information content (AvgIpc) is 2.76. The predicted molar refractivity (Wildman–Crippen MR) is 75.4 cm³/mol. The number of nitrogens with one attached hydrogen (secondary N) is 1. The first-order valence-electron chi connectivity index (χ1n) is 6.50. The van der Waals surface area contributed by atoms with Gasteiger partial charge in [-0.25, -0.2) is 4.98 Å². The number of carboxylic acid groups (broad SMARTS) is 1. The van der Waals surface area contributed by atoms with Crippen LogP contribution < -0.4 is 5.32 Å². The molecule has 5 nitrogen and oxygen atoms in total. The van der Waals surface area contributed by atoms with Crippen LogP contribution in [0.2, 0.25) is 0 Å². The molecule has 1 heterocycles. The molecule has 1 atom stereocenters. The summed E-state index contributed by atoms with van der Waals surface area (Å²) in [5.41, 5.74) is 0.838. The summed E-state index contributed by atoms with van der Waals surface area (Å²) in [6.07, 6.45) is 3.18. The molecular formula is C13H20N2O3S. The molecule has 19 heavy (non-hydrogen) atoms. The van der Waals surface area contributed by atoms with E-state index >= 15 is 0 Å². The molecule has 0 aromatic carbocycles. The average molecular weight is 284 g/mol. The van der Waals surface area contributed by atoms with Crippen molar-refractivity contribution in [1.29, 1.82) is 0 Å². The molecule has 6 heteroatoms. The highest BCUT2D eigenvalue weighted by molar-refractivity contribution is 7.13. The Labute approximate surface area is 117 Å². The minimum Gasteiger partial charge on any atom is -0.481 e. The van der Waals surface area contributed by atoms with E-state index in [0.717, 1.165) is 18.5 Å². The van der Waals surface area contributed by atoms with E-state index < -0.39 is 5.97 Å². The summed E-state index contributed by atoms with van der Waals surface area (Å²) in [6.45, 7) is 3.95. The van der Waals surface area contributed by atoms with Crippen LogP contribution in [0, 0.1) is 5.92 Å². The molecule has 106 valence electrons. The monoisotopic (exact) mass is 284 g/mol. The summed E-state index contributed by atoms with van der Waals surface area (Å²) < 4.78 is 0. The normalized spacial score (nSPS) is 12.1. The van der Waals surface area contributed by atoms with Gasteiger partial charge in [0.2, 0.25) is 5.91 Å². The SMILES string of the molecule is CCCC(C)C(=O)Nc1nc(CCCC(=O)O)cs1. The Bertz CT molecular complexity index is 431. The fourth-order valence-corrected chi connectivity index (χ4v) is 2.44. The molecule has 1 unspecified atom stereocenters. The number of hydrogen-bond donors (Lipinski definition) is 2. The van der Waals surface area contributed by atoms with E-state index in [-0.39, 0.29) is 18.2 Å². The quantitative estimate of drug-likeness (QED) is 0.769. The third-order valence-corrected chi connectivity index (χ3v) is 3.58. The molecule has 2 N–H and O–H groups in total. The molecule has 1 aromatic rings. The van der Waals surface area contributed by atoms with Gasteiger partial charge in [0.1, 0.15) is 0 Å². The Morgan fingerprint density at radius 2 is 2.26 bits per heavy atom. The second-order valence-electron chi connectivity index (χ2n) is 4.57. The zero-order chi connectivity index (χ0) is 14.3. The van der Waals surface area contributed by atoms with Crippen LogP contribution in [-0.2, 0) is 16.0 Å². The van der Waals surface area contributed by atoms with Gasteiger partial charge in [0.25, 0.3) is 0 Å². The van der Waals surface area contributed by atoms with E-state index in [2.05, 4.69) is 10.3 Å². The van der Waals surface area contributed by atoms with Gasteiger partial charge >= 0.3 is 5.97 Å². The van der Waals surface area contributed by atoms with E-state index in [1.54, 1.807) is 0 Å². The number of anilines is 1. The van der Waals surface area contributed by atoms with Crippen molar-refractivity contribution in [2.45, 2.75) is 46.0 Å². The molecule has 0 aliphatic rings. The Balaban J connectivity index is 2.41. The number of aliphatic carboxylic acids is 1. The van der Waals surface area contributed by atoms with Gasteiger partial charge in [-0.2, -0.15) is 0 Å². The molecule has 0 saturated heterocycles. The van der Waals surface area contributed by atoms with Crippen LogP contribution in [0.5, 0.6) is 0 Å². The van der Waals surface area contributed by atoms with Crippen LogP contribution in [0.15, 0.2) is 5.38 Å². The molecule has 0 spiro atoms. The van der Waals surface area contributed by atoms with Gasteiger partial charge in [0.05, 0.1) is 5.69 Å². The first-order chi connectivity index (χ1) is 9.02. The fourth-order valence-electron chi connectivity index (χ4n) is 1.69. The Morgan fingerprint density at radius 3 is 2.89 bits per heavy atom. The van der Waals surface area contributed by atoms with Crippen molar-refractivity contribution in [3.8, 4) is 0 Å². The zero-order valence-corrected chi connectivity index (χ0v) is 12.1. The van der Waals surface area contributed by atoms with Gasteiger partial charge in [0.15, 0.2) is 5.13 Å². The standard InChI is InChI=1S/C13H20N2O3S/c1-3-5-9(2)12(18)15-13-14-10(8-19-13)6-4-7-11(16)17/h8-9H,3-7H2,1-2H3,(H,16,17)(H,14,15,18). The van der Waals surface area contributed by atoms with Gasteiger partial charge in [-0.3, -0.25) is 9.59 Å². The van der Waals surface area contributed by atoms with Crippen molar-refractivity contribution < 1.29 is 14.7 Å². The number of carbonyl (C=O) groups is 2. The van der Waals surface area contributed by atoms with Crippen molar-refractivity contribution in [3.63, 3.8) is 0 Å². The number of aromatic nitrogens is 1. The van der Waals surface area contributed by atoms with Crippen molar-refractivity contribution >= 4 is 28.3 Å². The maximum absolute atomic E-state index is 11.8. The lowest BCUT2D eigenvalue weighted by Crippen LogP contribution is -2.20. The van der Waals surface area contributed by atoms with E-state index in [1.807, 2.05) is 19.2 Å². The molecule has 0 bridgehead atoms. The van der Waals surface area contributed by atoms with Crippen molar-refractivity contribution in [2.75, 3.05) is 5.32 Å². The highest BCUT2D eigenvalue weighted by Gasteiger charge is 2.13. The third-order valence-electron chi connectivity index (χ3n) is 2.77. The second kappa shape index (κ2) is 7.89. The summed E-state index contributed by atoms with van der Waals surface area (Å²) in [5.74, 6) is -0.810. The number of aryl methyl sites for hydroxylation is 1. The summed E-state index contributed by atoms with van der Waals surface area (Å²) in [6, 6.07) is 0. The lowest BCUT2D eigenvalue weighted by atomic mass is 10.1. The molecule has 1 rings (SSSR count). The van der Waals surface area contributed by atoms with Crippen LogP contribution in [-0.4, -0.2) is 22.0 Å². The topological polar surface area (TPSA) is 79.3 Å². The maximum atomic E-state index is 11.8. The molecule has 1 aromatic heterocycles. The third kappa shape index (κ3) is 5.83. The lowest BCUT2D eigenvalue weighted by molar-refractivity contribution is -0.137. The summed E-state index contributed by atoms with van der Waals surface area (Å²) in [5, 5.41) is 13.8. The Kier molecular flexibility index (Phi) is 6.49. The van der Waals surface area contributed by atoms with Crippen molar-refractivity contribution in [3.05, 3.63) is 11.1 Å². The van der Waals surface area contributed by atoms with E-state index in [4.69, 9.17) is 5.11 Å². The van der Waals surface area contributed by atoms with Crippen LogP contribution in [0.3, 0.4) is 0 Å². The Morgan fingerprint density at radius 1 is 1.53 bits per heavy atom. The number of thiazole rings is 1. The number of carboxylic acids is 1. The van der Waals surface area contributed by atoms with Crippen LogP contribution in [0.25, 0.3) is 0 Å². The molecule has 1 amide bonds. The van der Waals surface area contributed by atoms with Crippen LogP contribution >= 0.6 is 11.3 Å². The van der Waals surface area contributed by atoms with E-state index in [0.29, 0.717) is 18.0 Å². The molecule has 0 aliphatic carbocycles. The van der Waals surface area contributed by atoms with Crippen LogP contribution in [0.4, 0.5) is 5.13 Å². The summed E-state index contributed by atoms with van der Waals surface area (Å²) in [4.78, 5) is 26.5. The molecule has 0 radical (unpaired) electrons. The van der Waals surface area contributed by atoms with Crippen molar-refractivity contribution in [2.24, 2.45) is 5.92 Å². The minimum absolute atomic E-state index is 0.00622. The minimum atomic E-state index is -0.794. The first-order valence-corrected chi connectivity index (χ1v) is 7.38.